The summed E-state index contributed by atoms with van der Waals surface area (Å²) in [5.74, 6) is 0.139. The second-order valence-corrected chi connectivity index (χ2v) is 5.69. The second kappa shape index (κ2) is 7.77. The Hall–Kier alpha value is -3.23. The van der Waals surface area contributed by atoms with Gasteiger partial charge in [0.1, 0.15) is 12.9 Å². The van der Waals surface area contributed by atoms with Crippen LogP contribution < -0.4 is 4.74 Å². The molecular formula is C17H19FN6O2. The van der Waals surface area contributed by atoms with Crippen molar-refractivity contribution in [3.05, 3.63) is 59.7 Å². The Labute approximate surface area is 149 Å². The predicted molar refractivity (Wildman–Crippen MR) is 90.8 cm³/mol. The van der Waals surface area contributed by atoms with Gasteiger partial charge in [-0.05, 0) is 25.1 Å². The number of H-pyrrole nitrogens is 1. The fourth-order valence-corrected chi connectivity index (χ4v) is 2.41. The van der Waals surface area contributed by atoms with Crippen LogP contribution in [-0.2, 0) is 19.7 Å². The average molecular weight is 358 g/mol. The topological polar surface area (TPSA) is 88.9 Å². The molecule has 0 spiro atoms. The smallest absolute Gasteiger partial charge is 0.274 e. The molecule has 3 rings (SSSR count). The van der Waals surface area contributed by atoms with Crippen LogP contribution in [0.5, 0.6) is 5.75 Å². The standard InChI is InChI=1S/C17H19FN6O2/c1-3-24-11-19-22-16(24)9-23(2)17(25)14-8-12(20-21-14)10-26-15-7-5-4-6-13(15)18/h4-8,11H,3,9-10H2,1-2H3,(H,20,21). The van der Waals surface area contributed by atoms with E-state index in [1.165, 1.54) is 17.0 Å². The van der Waals surface area contributed by atoms with E-state index in [0.29, 0.717) is 18.1 Å². The summed E-state index contributed by atoms with van der Waals surface area (Å²) in [7, 11) is 1.67. The van der Waals surface area contributed by atoms with E-state index >= 15 is 0 Å². The Bertz CT molecular complexity index is 891. The molecular weight excluding hydrogens is 339 g/mol. The van der Waals surface area contributed by atoms with E-state index < -0.39 is 5.82 Å². The van der Waals surface area contributed by atoms with Gasteiger partial charge in [-0.25, -0.2) is 4.39 Å². The molecule has 0 aliphatic rings. The first-order valence-electron chi connectivity index (χ1n) is 8.12. The van der Waals surface area contributed by atoms with Crippen molar-refractivity contribution in [2.45, 2.75) is 26.6 Å². The summed E-state index contributed by atoms with van der Waals surface area (Å²) in [6, 6.07) is 7.72. The Morgan fingerprint density at radius 3 is 2.96 bits per heavy atom. The number of halogens is 1. The van der Waals surface area contributed by atoms with Crippen molar-refractivity contribution in [1.82, 2.24) is 29.9 Å². The minimum atomic E-state index is -0.442. The molecule has 2 aromatic heterocycles. The van der Waals surface area contributed by atoms with Crippen LogP contribution in [0.1, 0.15) is 28.9 Å². The number of aromatic nitrogens is 5. The third-order valence-corrected chi connectivity index (χ3v) is 3.83. The molecule has 0 aliphatic heterocycles. The van der Waals surface area contributed by atoms with E-state index in [2.05, 4.69) is 20.4 Å². The van der Waals surface area contributed by atoms with Crippen LogP contribution in [0.2, 0.25) is 0 Å². The third-order valence-electron chi connectivity index (χ3n) is 3.83. The van der Waals surface area contributed by atoms with Gasteiger partial charge in [-0.1, -0.05) is 12.1 Å². The number of nitrogens with zero attached hydrogens (tertiary/aromatic N) is 5. The van der Waals surface area contributed by atoms with Gasteiger partial charge in [-0.2, -0.15) is 5.10 Å². The van der Waals surface area contributed by atoms with Crippen molar-refractivity contribution in [2.24, 2.45) is 0 Å². The zero-order valence-electron chi connectivity index (χ0n) is 14.5. The first-order chi connectivity index (χ1) is 12.6. The zero-order valence-corrected chi connectivity index (χ0v) is 14.5. The van der Waals surface area contributed by atoms with Gasteiger partial charge in [-0.15, -0.1) is 10.2 Å². The van der Waals surface area contributed by atoms with Gasteiger partial charge in [0.2, 0.25) is 0 Å². The summed E-state index contributed by atoms with van der Waals surface area (Å²) in [4.78, 5) is 14.0. The lowest BCUT2D eigenvalue weighted by molar-refractivity contribution is 0.0774. The molecule has 1 N–H and O–H groups in total. The molecule has 0 atom stereocenters. The van der Waals surface area contributed by atoms with Crippen LogP contribution >= 0.6 is 0 Å². The molecule has 0 unspecified atom stereocenters. The summed E-state index contributed by atoms with van der Waals surface area (Å²) >= 11 is 0. The minimum absolute atomic E-state index is 0.0785. The molecule has 0 fully saturated rings. The van der Waals surface area contributed by atoms with Gasteiger partial charge in [0.05, 0.1) is 12.2 Å². The first-order valence-corrected chi connectivity index (χ1v) is 8.12. The number of rotatable bonds is 7. The molecule has 2 heterocycles. The number of carbonyl (C=O) groups is 1. The SMILES string of the molecule is CCn1cnnc1CN(C)C(=O)c1cc(COc2ccccc2F)[nH]n1. The highest BCUT2D eigenvalue weighted by Crippen LogP contribution is 2.17. The summed E-state index contributed by atoms with van der Waals surface area (Å²) in [5.41, 5.74) is 0.823. The molecule has 0 saturated carbocycles. The average Bonchev–Trinajstić information content (AvgIpc) is 3.29. The van der Waals surface area contributed by atoms with Crippen molar-refractivity contribution in [2.75, 3.05) is 7.05 Å². The van der Waals surface area contributed by atoms with Crippen molar-refractivity contribution in [3.63, 3.8) is 0 Å². The molecule has 136 valence electrons. The van der Waals surface area contributed by atoms with Gasteiger partial charge in [0.25, 0.3) is 5.91 Å². The maximum atomic E-state index is 13.5. The highest BCUT2D eigenvalue weighted by Gasteiger charge is 2.18. The van der Waals surface area contributed by atoms with Crippen LogP contribution in [0, 0.1) is 5.82 Å². The van der Waals surface area contributed by atoms with Crippen LogP contribution in [-0.4, -0.2) is 42.8 Å². The normalized spacial score (nSPS) is 10.7. The molecule has 9 heteroatoms. The highest BCUT2D eigenvalue weighted by atomic mass is 19.1. The number of hydrogen-bond acceptors (Lipinski definition) is 5. The van der Waals surface area contributed by atoms with Gasteiger partial charge < -0.3 is 14.2 Å². The molecule has 1 amide bonds. The lowest BCUT2D eigenvalue weighted by Crippen LogP contribution is -2.28. The summed E-state index contributed by atoms with van der Waals surface area (Å²) in [6.07, 6.45) is 1.63. The second-order valence-electron chi connectivity index (χ2n) is 5.69. The number of amides is 1. The van der Waals surface area contributed by atoms with Gasteiger partial charge in [0, 0.05) is 13.6 Å². The van der Waals surface area contributed by atoms with Crippen LogP contribution in [0.3, 0.4) is 0 Å². The lowest BCUT2D eigenvalue weighted by Gasteiger charge is -2.15. The van der Waals surface area contributed by atoms with Crippen molar-refractivity contribution in [3.8, 4) is 5.75 Å². The first kappa shape index (κ1) is 17.6. The molecule has 3 aromatic rings. The Balaban J connectivity index is 1.61. The van der Waals surface area contributed by atoms with Gasteiger partial charge in [-0.3, -0.25) is 9.89 Å². The van der Waals surface area contributed by atoms with Crippen molar-refractivity contribution >= 4 is 5.91 Å². The number of nitrogens with one attached hydrogen (secondary N) is 1. The quantitative estimate of drug-likeness (QED) is 0.698. The summed E-state index contributed by atoms with van der Waals surface area (Å²) < 4.78 is 20.8. The Morgan fingerprint density at radius 2 is 2.19 bits per heavy atom. The van der Waals surface area contributed by atoms with Crippen molar-refractivity contribution < 1.29 is 13.9 Å². The van der Waals surface area contributed by atoms with E-state index in [1.807, 2.05) is 11.5 Å². The van der Waals surface area contributed by atoms with Crippen molar-refractivity contribution in [1.29, 1.82) is 0 Å². The number of benzene rings is 1. The Kier molecular flexibility index (Phi) is 5.26. The van der Waals surface area contributed by atoms with E-state index in [4.69, 9.17) is 4.74 Å². The third kappa shape index (κ3) is 3.88. The molecule has 0 aliphatic carbocycles. The number of ether oxygens (including phenoxy) is 1. The maximum Gasteiger partial charge on any atom is 0.274 e. The molecule has 0 bridgehead atoms. The van der Waals surface area contributed by atoms with E-state index in [1.54, 1.807) is 31.6 Å². The monoisotopic (exact) mass is 358 g/mol. The lowest BCUT2D eigenvalue weighted by atomic mass is 10.3. The number of aromatic amines is 1. The number of aryl methyl sites for hydroxylation is 1. The zero-order chi connectivity index (χ0) is 18.5. The molecule has 1 aromatic carbocycles. The van der Waals surface area contributed by atoms with Crippen LogP contribution in [0.15, 0.2) is 36.7 Å². The number of para-hydroxylation sites is 1. The van der Waals surface area contributed by atoms with Gasteiger partial charge in [0.15, 0.2) is 23.1 Å². The van der Waals surface area contributed by atoms with E-state index in [9.17, 15) is 9.18 Å². The minimum Gasteiger partial charge on any atom is -0.484 e. The molecule has 8 nitrogen and oxygen atoms in total. The van der Waals surface area contributed by atoms with Crippen LogP contribution in [0.25, 0.3) is 0 Å². The summed E-state index contributed by atoms with van der Waals surface area (Å²) in [6.45, 7) is 3.10. The van der Waals surface area contributed by atoms with Crippen LogP contribution in [0.4, 0.5) is 4.39 Å². The fourth-order valence-electron chi connectivity index (χ4n) is 2.41. The van der Waals surface area contributed by atoms with E-state index in [-0.39, 0.29) is 24.0 Å². The molecule has 0 radical (unpaired) electrons. The number of carbonyl (C=O) groups excluding carboxylic acids is 1. The molecule has 0 saturated heterocycles. The summed E-state index contributed by atoms with van der Waals surface area (Å²) in [5, 5.41) is 14.6. The maximum absolute atomic E-state index is 13.5. The predicted octanol–water partition coefficient (Wildman–Crippen LogP) is 2.01. The molecule has 26 heavy (non-hydrogen) atoms. The number of hydrogen-bond donors (Lipinski definition) is 1. The largest absolute Gasteiger partial charge is 0.484 e. The van der Waals surface area contributed by atoms with Gasteiger partial charge >= 0.3 is 0 Å². The Morgan fingerprint density at radius 1 is 1.38 bits per heavy atom. The fraction of sp³-hybridized carbons (Fsp3) is 0.294. The van der Waals surface area contributed by atoms with E-state index in [0.717, 1.165) is 6.54 Å². The highest BCUT2D eigenvalue weighted by molar-refractivity contribution is 5.92.